The van der Waals surface area contributed by atoms with Gasteiger partial charge in [0, 0.05) is 15.1 Å². The highest BCUT2D eigenvalue weighted by Gasteiger charge is 2.17. The Hall–Kier alpha value is -1.92. The van der Waals surface area contributed by atoms with E-state index in [-0.39, 0.29) is 19.0 Å². The van der Waals surface area contributed by atoms with Gasteiger partial charge in [-0.05, 0) is 30.3 Å². The molecule has 22 heavy (non-hydrogen) atoms. The largest absolute Gasteiger partial charge is 0.488 e. The first kappa shape index (κ1) is 15.0. The van der Waals surface area contributed by atoms with E-state index in [1.807, 2.05) is 12.1 Å². The predicted molar refractivity (Wildman–Crippen MR) is 84.6 cm³/mol. The van der Waals surface area contributed by atoms with Gasteiger partial charge >= 0.3 is 0 Å². The lowest BCUT2D eigenvalue weighted by Crippen LogP contribution is -2.13. The molecular weight excluding hydrogens is 374 g/mol. The van der Waals surface area contributed by atoms with Crippen LogP contribution in [0.25, 0.3) is 0 Å². The quantitative estimate of drug-likeness (QED) is 0.876. The molecule has 1 heterocycles. The first-order chi connectivity index (χ1) is 10.5. The Morgan fingerprint density at radius 2 is 2.00 bits per heavy atom. The number of fused-ring (bicyclic) bond motifs is 1. The summed E-state index contributed by atoms with van der Waals surface area (Å²) in [6.45, 7) is 0.439. The molecule has 1 aliphatic heterocycles. The average molecular weight is 385 g/mol. The Kier molecular flexibility index (Phi) is 4.13. The van der Waals surface area contributed by atoms with Gasteiger partial charge < -0.3 is 19.9 Å². The number of hydrogen-bond donors (Lipinski definition) is 1. The minimum atomic E-state index is -0.595. The Bertz CT molecular complexity index is 751. The van der Waals surface area contributed by atoms with E-state index < -0.39 is 5.91 Å². The van der Waals surface area contributed by atoms with Crippen molar-refractivity contribution in [1.29, 1.82) is 0 Å². The highest BCUT2D eigenvalue weighted by Crippen LogP contribution is 2.37. The van der Waals surface area contributed by atoms with Gasteiger partial charge in [0.2, 0.25) is 6.79 Å². The molecule has 0 spiro atoms. The molecule has 2 aromatic carbocycles. The number of hydrogen-bond acceptors (Lipinski definition) is 4. The maximum atomic E-state index is 11.4. The van der Waals surface area contributed by atoms with Crippen molar-refractivity contribution in [3.05, 3.63) is 51.0 Å². The summed E-state index contributed by atoms with van der Waals surface area (Å²) in [5, 5.41) is 0.422. The molecule has 0 saturated carbocycles. The molecule has 0 unspecified atom stereocenters. The van der Waals surface area contributed by atoms with Crippen molar-refractivity contribution in [2.24, 2.45) is 5.73 Å². The zero-order valence-corrected chi connectivity index (χ0v) is 13.6. The molecule has 0 radical (unpaired) electrons. The van der Waals surface area contributed by atoms with E-state index in [2.05, 4.69) is 15.9 Å². The van der Waals surface area contributed by atoms with Gasteiger partial charge in [-0.3, -0.25) is 4.79 Å². The number of primary amides is 1. The van der Waals surface area contributed by atoms with Crippen LogP contribution in [0.3, 0.4) is 0 Å². The lowest BCUT2D eigenvalue weighted by Gasteiger charge is -2.11. The Morgan fingerprint density at radius 1 is 1.27 bits per heavy atom. The Labute approximate surface area is 140 Å². The van der Waals surface area contributed by atoms with E-state index >= 15 is 0 Å². The number of benzene rings is 2. The number of amides is 1. The summed E-state index contributed by atoms with van der Waals surface area (Å²) in [6.07, 6.45) is 0. The molecule has 1 aliphatic rings. The molecule has 0 saturated heterocycles. The SMILES string of the molecule is NC(=O)c1cc(Cl)ccc1OCc1cc2c(cc1Br)OCO2. The van der Waals surface area contributed by atoms with Crippen LogP contribution in [0, 0.1) is 0 Å². The van der Waals surface area contributed by atoms with E-state index in [1.54, 1.807) is 12.1 Å². The topological polar surface area (TPSA) is 70.8 Å². The van der Waals surface area contributed by atoms with Crippen LogP contribution in [-0.4, -0.2) is 12.7 Å². The monoisotopic (exact) mass is 383 g/mol. The fraction of sp³-hybridized carbons (Fsp3) is 0.133. The number of halogens is 2. The summed E-state index contributed by atoms with van der Waals surface area (Å²) < 4.78 is 17.1. The number of carbonyl (C=O) groups is 1. The van der Waals surface area contributed by atoms with Crippen LogP contribution in [0.4, 0.5) is 0 Å². The maximum Gasteiger partial charge on any atom is 0.252 e. The first-order valence-corrected chi connectivity index (χ1v) is 7.52. The summed E-state index contributed by atoms with van der Waals surface area (Å²) in [7, 11) is 0. The highest BCUT2D eigenvalue weighted by atomic mass is 79.9. The zero-order valence-electron chi connectivity index (χ0n) is 11.3. The van der Waals surface area contributed by atoms with Crippen molar-refractivity contribution in [3.8, 4) is 17.2 Å². The van der Waals surface area contributed by atoms with Crippen molar-refractivity contribution in [2.45, 2.75) is 6.61 Å². The molecule has 5 nitrogen and oxygen atoms in total. The van der Waals surface area contributed by atoms with Crippen LogP contribution in [0.15, 0.2) is 34.8 Å². The van der Waals surface area contributed by atoms with E-state index in [0.717, 1.165) is 10.0 Å². The van der Waals surface area contributed by atoms with Crippen LogP contribution in [-0.2, 0) is 6.61 Å². The van der Waals surface area contributed by atoms with Crippen molar-refractivity contribution in [2.75, 3.05) is 6.79 Å². The second-order valence-electron chi connectivity index (χ2n) is 4.59. The molecule has 7 heteroatoms. The molecule has 114 valence electrons. The second-order valence-corrected chi connectivity index (χ2v) is 5.88. The summed E-state index contributed by atoms with van der Waals surface area (Å²) in [6, 6.07) is 8.37. The van der Waals surface area contributed by atoms with Crippen LogP contribution >= 0.6 is 27.5 Å². The van der Waals surface area contributed by atoms with Gasteiger partial charge in [0.25, 0.3) is 5.91 Å². The molecule has 0 bridgehead atoms. The van der Waals surface area contributed by atoms with E-state index in [4.69, 9.17) is 31.5 Å². The first-order valence-electron chi connectivity index (χ1n) is 6.35. The van der Waals surface area contributed by atoms with Gasteiger partial charge in [0.05, 0.1) is 5.56 Å². The van der Waals surface area contributed by atoms with Gasteiger partial charge in [-0.15, -0.1) is 0 Å². The second kappa shape index (κ2) is 6.06. The normalized spacial score (nSPS) is 12.3. The number of rotatable bonds is 4. The van der Waals surface area contributed by atoms with Gasteiger partial charge in [0.1, 0.15) is 12.4 Å². The lowest BCUT2D eigenvalue weighted by molar-refractivity contribution is 0.0996. The smallest absolute Gasteiger partial charge is 0.252 e. The van der Waals surface area contributed by atoms with Gasteiger partial charge in [-0.1, -0.05) is 27.5 Å². The minimum Gasteiger partial charge on any atom is -0.488 e. The van der Waals surface area contributed by atoms with Crippen LogP contribution in [0.1, 0.15) is 15.9 Å². The molecular formula is C15H11BrClNO4. The molecule has 0 atom stereocenters. The predicted octanol–water partition coefficient (Wildman–Crippen LogP) is 3.51. The minimum absolute atomic E-state index is 0.203. The Morgan fingerprint density at radius 3 is 2.73 bits per heavy atom. The third kappa shape index (κ3) is 2.98. The van der Waals surface area contributed by atoms with Crippen LogP contribution in [0.2, 0.25) is 5.02 Å². The number of nitrogens with two attached hydrogens (primary N) is 1. The fourth-order valence-electron chi connectivity index (χ4n) is 2.05. The molecule has 0 aliphatic carbocycles. The van der Waals surface area contributed by atoms with Crippen molar-refractivity contribution in [3.63, 3.8) is 0 Å². The van der Waals surface area contributed by atoms with Gasteiger partial charge in [0.15, 0.2) is 11.5 Å². The van der Waals surface area contributed by atoms with E-state index in [9.17, 15) is 4.79 Å². The van der Waals surface area contributed by atoms with Gasteiger partial charge in [-0.2, -0.15) is 0 Å². The Balaban J connectivity index is 1.83. The van der Waals surface area contributed by atoms with E-state index in [1.165, 1.54) is 6.07 Å². The highest BCUT2D eigenvalue weighted by molar-refractivity contribution is 9.10. The summed E-state index contributed by atoms with van der Waals surface area (Å²) >= 11 is 9.32. The molecule has 0 fully saturated rings. The van der Waals surface area contributed by atoms with Crippen LogP contribution < -0.4 is 19.9 Å². The van der Waals surface area contributed by atoms with Crippen molar-refractivity contribution < 1.29 is 19.0 Å². The maximum absolute atomic E-state index is 11.4. The summed E-state index contributed by atoms with van der Waals surface area (Å²) in [4.78, 5) is 11.4. The number of carbonyl (C=O) groups excluding carboxylic acids is 1. The van der Waals surface area contributed by atoms with Crippen molar-refractivity contribution in [1.82, 2.24) is 0 Å². The lowest BCUT2D eigenvalue weighted by atomic mass is 10.2. The number of ether oxygens (including phenoxy) is 3. The molecule has 0 aromatic heterocycles. The molecule has 2 aromatic rings. The molecule has 2 N–H and O–H groups in total. The summed E-state index contributed by atoms with van der Waals surface area (Å²) in [5.74, 6) is 1.12. The van der Waals surface area contributed by atoms with Crippen molar-refractivity contribution >= 4 is 33.4 Å². The third-order valence-electron chi connectivity index (χ3n) is 3.13. The summed E-state index contributed by atoms with van der Waals surface area (Å²) in [5.41, 5.74) is 6.43. The average Bonchev–Trinajstić information content (AvgIpc) is 2.92. The third-order valence-corrected chi connectivity index (χ3v) is 4.11. The zero-order chi connectivity index (χ0) is 15.7. The standard InChI is InChI=1S/C15H11BrClNO4/c16-11-5-14-13(21-7-22-14)3-8(11)6-20-12-2-1-9(17)4-10(12)15(18)19/h1-5H,6-7H2,(H2,18,19). The van der Waals surface area contributed by atoms with Crippen LogP contribution in [0.5, 0.6) is 17.2 Å². The van der Waals surface area contributed by atoms with Gasteiger partial charge in [-0.25, -0.2) is 0 Å². The van der Waals surface area contributed by atoms with E-state index in [0.29, 0.717) is 22.3 Å². The molecule has 3 rings (SSSR count). The fourth-order valence-corrected chi connectivity index (χ4v) is 2.65. The molecule has 1 amide bonds.